The van der Waals surface area contributed by atoms with E-state index >= 15 is 0 Å². The van der Waals surface area contributed by atoms with Gasteiger partial charge in [0.25, 0.3) is 0 Å². The van der Waals surface area contributed by atoms with Gasteiger partial charge in [0.2, 0.25) is 0 Å². The molecule has 0 atom stereocenters. The summed E-state index contributed by atoms with van der Waals surface area (Å²) < 4.78 is 0. The van der Waals surface area contributed by atoms with Gasteiger partial charge in [0.05, 0.1) is 5.69 Å². The largest absolute Gasteiger partial charge is 0.311 e. The summed E-state index contributed by atoms with van der Waals surface area (Å²) in [7, 11) is 0. The summed E-state index contributed by atoms with van der Waals surface area (Å²) in [4.78, 5) is 4.82. The zero-order valence-corrected chi connectivity index (χ0v) is 37.4. The summed E-state index contributed by atoms with van der Waals surface area (Å²) in [5.74, 6) is 2.79. The number of benzene rings is 9. The molecule has 320 valence electrons. The van der Waals surface area contributed by atoms with Crippen molar-refractivity contribution in [3.05, 3.63) is 242 Å². The SMILES string of the molecule is c1ccc(-c2ccc(N(c3ccc(-c4ccc(N(c5ccc(-c6ccccc6)cc5)c5ccccc5-c5ccccc5)cc4)cc3)c3ccc(C45CC6CC(CC(C6)C4)C5)cc3)cc2)cc1. The van der Waals surface area contributed by atoms with Crippen molar-refractivity contribution in [3.8, 4) is 44.5 Å². The Morgan fingerprint density at radius 2 is 0.576 bits per heavy atom. The number of nitrogens with zero attached hydrogens (tertiary/aromatic N) is 2. The highest BCUT2D eigenvalue weighted by atomic mass is 15.1. The van der Waals surface area contributed by atoms with E-state index in [1.54, 1.807) is 5.56 Å². The minimum atomic E-state index is 0.377. The van der Waals surface area contributed by atoms with Gasteiger partial charge in [-0.1, -0.05) is 170 Å². The molecule has 0 heterocycles. The first-order valence-corrected chi connectivity index (χ1v) is 24.0. The zero-order valence-electron chi connectivity index (χ0n) is 37.4. The van der Waals surface area contributed by atoms with Crippen molar-refractivity contribution in [2.24, 2.45) is 17.8 Å². The molecule has 2 nitrogen and oxygen atoms in total. The Kier molecular flexibility index (Phi) is 10.4. The maximum absolute atomic E-state index is 2.48. The van der Waals surface area contributed by atoms with Gasteiger partial charge in [-0.15, -0.1) is 0 Å². The van der Waals surface area contributed by atoms with E-state index in [0.717, 1.165) is 46.2 Å². The number of anilines is 6. The predicted molar refractivity (Wildman–Crippen MR) is 277 cm³/mol. The Morgan fingerprint density at radius 3 is 0.970 bits per heavy atom. The van der Waals surface area contributed by atoms with Gasteiger partial charge in [-0.2, -0.15) is 0 Å². The third-order valence-electron chi connectivity index (χ3n) is 15.1. The standard InChI is InChI=1S/C64H54N2/c1-4-12-49(13-5-1)51-20-30-57(31-21-51)65(59-38-28-56(29-39-59)64-43-46-40-47(44-64)42-48(41-46)45-64)58-32-22-53(23-33-58)54-26-36-61(37-27-54)66(60-34-24-52(25-35-60)50-14-6-2-7-15-50)63-19-11-10-18-62(63)55-16-8-3-9-17-55/h1-39,46-48H,40-45H2. The molecule has 2 heteroatoms. The van der Waals surface area contributed by atoms with Crippen molar-refractivity contribution in [2.75, 3.05) is 9.80 Å². The molecule has 0 unspecified atom stereocenters. The minimum absolute atomic E-state index is 0.377. The van der Waals surface area contributed by atoms with Crippen molar-refractivity contribution in [2.45, 2.75) is 43.9 Å². The van der Waals surface area contributed by atoms with Crippen LogP contribution in [-0.4, -0.2) is 0 Å². The number of para-hydroxylation sites is 1. The summed E-state index contributed by atoms with van der Waals surface area (Å²) in [5.41, 5.74) is 18.4. The summed E-state index contributed by atoms with van der Waals surface area (Å²) in [5, 5.41) is 0. The number of hydrogen-bond donors (Lipinski definition) is 0. The van der Waals surface area contributed by atoms with Gasteiger partial charge in [-0.05, 0) is 173 Å². The van der Waals surface area contributed by atoms with Crippen LogP contribution in [0.15, 0.2) is 237 Å². The van der Waals surface area contributed by atoms with Gasteiger partial charge in [0, 0.05) is 34.0 Å². The molecule has 0 spiro atoms. The van der Waals surface area contributed by atoms with Crippen molar-refractivity contribution < 1.29 is 0 Å². The number of rotatable bonds is 11. The zero-order chi connectivity index (χ0) is 43.9. The van der Waals surface area contributed by atoms with Gasteiger partial charge in [-0.3, -0.25) is 0 Å². The van der Waals surface area contributed by atoms with Crippen LogP contribution in [0, 0.1) is 17.8 Å². The lowest BCUT2D eigenvalue weighted by molar-refractivity contribution is -0.00518. The molecule has 66 heavy (non-hydrogen) atoms. The highest BCUT2D eigenvalue weighted by Crippen LogP contribution is 2.61. The van der Waals surface area contributed by atoms with Crippen molar-refractivity contribution in [1.29, 1.82) is 0 Å². The second-order valence-corrected chi connectivity index (χ2v) is 19.2. The third-order valence-corrected chi connectivity index (χ3v) is 15.1. The fourth-order valence-corrected chi connectivity index (χ4v) is 12.3. The van der Waals surface area contributed by atoms with Crippen LogP contribution < -0.4 is 9.80 Å². The molecule has 0 amide bonds. The van der Waals surface area contributed by atoms with E-state index in [4.69, 9.17) is 0 Å². The van der Waals surface area contributed by atoms with Crippen molar-refractivity contribution in [1.82, 2.24) is 0 Å². The van der Waals surface area contributed by atoms with E-state index in [-0.39, 0.29) is 0 Å². The molecule has 0 saturated heterocycles. The maximum Gasteiger partial charge on any atom is 0.0540 e. The van der Waals surface area contributed by atoms with Gasteiger partial charge in [-0.25, -0.2) is 0 Å². The molecule has 9 aromatic carbocycles. The fourth-order valence-electron chi connectivity index (χ4n) is 12.3. The molecule has 0 N–H and O–H groups in total. The summed E-state index contributed by atoms with van der Waals surface area (Å²) in [6, 6.07) is 86.7. The predicted octanol–water partition coefficient (Wildman–Crippen LogP) is 17.8. The number of hydrogen-bond acceptors (Lipinski definition) is 2. The van der Waals surface area contributed by atoms with Crippen LogP contribution >= 0.6 is 0 Å². The van der Waals surface area contributed by atoms with Crippen LogP contribution in [0.25, 0.3) is 44.5 Å². The molecular formula is C64H54N2. The Bertz CT molecular complexity index is 3010. The monoisotopic (exact) mass is 850 g/mol. The van der Waals surface area contributed by atoms with Crippen LogP contribution in [-0.2, 0) is 5.41 Å². The molecule has 0 radical (unpaired) electrons. The van der Waals surface area contributed by atoms with Crippen molar-refractivity contribution in [3.63, 3.8) is 0 Å². The first kappa shape index (κ1) is 40.1. The molecule has 4 aliphatic rings. The highest BCUT2D eigenvalue weighted by molar-refractivity contribution is 5.89. The van der Waals surface area contributed by atoms with E-state index in [2.05, 4.69) is 246 Å². The quantitative estimate of drug-likeness (QED) is 0.128. The lowest BCUT2D eigenvalue weighted by Crippen LogP contribution is -2.48. The van der Waals surface area contributed by atoms with Crippen LogP contribution in [0.5, 0.6) is 0 Å². The topological polar surface area (TPSA) is 6.48 Å². The lowest BCUT2D eigenvalue weighted by Gasteiger charge is -2.57. The summed E-state index contributed by atoms with van der Waals surface area (Å²) in [6.45, 7) is 0. The van der Waals surface area contributed by atoms with E-state index in [1.165, 1.54) is 88.7 Å². The van der Waals surface area contributed by atoms with Crippen LogP contribution in [0.2, 0.25) is 0 Å². The third kappa shape index (κ3) is 7.71. The Labute approximate surface area is 390 Å². The molecule has 4 bridgehead atoms. The van der Waals surface area contributed by atoms with Gasteiger partial charge < -0.3 is 9.80 Å². The minimum Gasteiger partial charge on any atom is -0.311 e. The smallest absolute Gasteiger partial charge is 0.0540 e. The average Bonchev–Trinajstić information content (AvgIpc) is 3.38. The normalized spacial score (nSPS) is 19.4. The second-order valence-electron chi connectivity index (χ2n) is 19.2. The summed E-state index contributed by atoms with van der Waals surface area (Å²) >= 11 is 0. The van der Waals surface area contributed by atoms with Gasteiger partial charge in [0.1, 0.15) is 0 Å². The Balaban J connectivity index is 0.871. The van der Waals surface area contributed by atoms with E-state index in [9.17, 15) is 0 Å². The maximum atomic E-state index is 2.48. The fraction of sp³-hybridized carbons (Fsp3) is 0.156. The van der Waals surface area contributed by atoms with Crippen molar-refractivity contribution >= 4 is 34.1 Å². The molecule has 0 aliphatic heterocycles. The first-order valence-electron chi connectivity index (χ1n) is 24.0. The van der Waals surface area contributed by atoms with Crippen LogP contribution in [0.1, 0.15) is 44.1 Å². The van der Waals surface area contributed by atoms with Gasteiger partial charge in [0.15, 0.2) is 0 Å². The molecule has 4 saturated carbocycles. The van der Waals surface area contributed by atoms with Gasteiger partial charge >= 0.3 is 0 Å². The first-order chi connectivity index (χ1) is 32.6. The molecule has 4 aliphatic carbocycles. The van der Waals surface area contributed by atoms with E-state index in [0.29, 0.717) is 5.41 Å². The average molecular weight is 851 g/mol. The Hall–Kier alpha value is -7.42. The molecule has 4 fully saturated rings. The van der Waals surface area contributed by atoms with Crippen LogP contribution in [0.4, 0.5) is 34.1 Å². The summed E-state index contributed by atoms with van der Waals surface area (Å²) in [6.07, 6.45) is 8.55. The molecule has 13 rings (SSSR count). The second kappa shape index (κ2) is 17.2. The van der Waals surface area contributed by atoms with E-state index < -0.39 is 0 Å². The Morgan fingerprint density at radius 1 is 0.273 bits per heavy atom. The highest BCUT2D eigenvalue weighted by Gasteiger charge is 2.51. The molecular weight excluding hydrogens is 797 g/mol. The lowest BCUT2D eigenvalue weighted by atomic mass is 9.48. The molecule has 9 aromatic rings. The molecule has 0 aromatic heterocycles. The van der Waals surface area contributed by atoms with E-state index in [1.807, 2.05) is 0 Å². The van der Waals surface area contributed by atoms with Crippen LogP contribution in [0.3, 0.4) is 0 Å².